The van der Waals surface area contributed by atoms with E-state index >= 15 is 0 Å². The van der Waals surface area contributed by atoms with E-state index in [4.69, 9.17) is 21.7 Å². The average molecular weight is 348 g/mol. The zero-order chi connectivity index (χ0) is 17.5. The van der Waals surface area contributed by atoms with Crippen molar-refractivity contribution in [3.63, 3.8) is 0 Å². The van der Waals surface area contributed by atoms with Gasteiger partial charge in [0.05, 0.1) is 25.3 Å². The fourth-order valence-electron chi connectivity index (χ4n) is 2.61. The number of ether oxygens (including phenoxy) is 2. The maximum Gasteiger partial charge on any atom is 0.338 e. The normalized spacial score (nSPS) is 17.1. The van der Waals surface area contributed by atoms with Crippen LogP contribution < -0.4 is 15.4 Å². The molecule has 1 atom stereocenters. The van der Waals surface area contributed by atoms with Crippen molar-refractivity contribution in [3.05, 3.63) is 41.1 Å². The molecule has 0 spiro atoms. The lowest BCUT2D eigenvalue weighted by Gasteiger charge is -2.30. The molecule has 1 aliphatic rings. The van der Waals surface area contributed by atoms with E-state index in [1.807, 2.05) is 31.2 Å². The Morgan fingerprint density at radius 2 is 1.96 bits per heavy atom. The van der Waals surface area contributed by atoms with Gasteiger partial charge < -0.3 is 20.1 Å². The Kier molecular flexibility index (Phi) is 6.61. The second-order valence-corrected chi connectivity index (χ2v) is 6.09. The summed E-state index contributed by atoms with van der Waals surface area (Å²) >= 11 is 5.24. The van der Waals surface area contributed by atoms with E-state index in [2.05, 4.69) is 17.6 Å². The van der Waals surface area contributed by atoms with Crippen LogP contribution in [0.2, 0.25) is 0 Å². The van der Waals surface area contributed by atoms with Gasteiger partial charge in [-0.1, -0.05) is 31.9 Å². The molecule has 0 aliphatic carbocycles. The highest BCUT2D eigenvalue weighted by molar-refractivity contribution is 7.80. The zero-order valence-electron chi connectivity index (χ0n) is 14.3. The molecule has 1 heterocycles. The molecule has 130 valence electrons. The summed E-state index contributed by atoms with van der Waals surface area (Å²) in [6.07, 6.45) is 3.01. The molecule has 0 radical (unpaired) electrons. The van der Waals surface area contributed by atoms with Crippen LogP contribution in [0.3, 0.4) is 0 Å². The summed E-state index contributed by atoms with van der Waals surface area (Å²) in [5.41, 5.74) is 2.21. The minimum Gasteiger partial charge on any atom is -0.497 e. The summed E-state index contributed by atoms with van der Waals surface area (Å²) in [4.78, 5) is 12.6. The first-order valence-corrected chi connectivity index (χ1v) is 8.57. The Morgan fingerprint density at radius 1 is 1.25 bits per heavy atom. The molecule has 1 aliphatic heterocycles. The van der Waals surface area contributed by atoms with E-state index < -0.39 is 0 Å². The standard InChI is InChI=1S/C18H24N2O3S/c1-4-5-6-11-23-17(21)15-12(2)19-18(24)20-16(15)13-7-9-14(22-3)10-8-13/h7-10,16H,4-6,11H2,1-3H3,(H2,19,20,24). The maximum absolute atomic E-state index is 12.6. The van der Waals surface area contributed by atoms with E-state index in [0.717, 1.165) is 36.3 Å². The quantitative estimate of drug-likeness (QED) is 0.448. The molecule has 0 bridgehead atoms. The molecule has 0 aromatic heterocycles. The van der Waals surface area contributed by atoms with Gasteiger partial charge in [-0.3, -0.25) is 0 Å². The number of hydrogen-bond acceptors (Lipinski definition) is 4. The topological polar surface area (TPSA) is 59.6 Å². The fraction of sp³-hybridized carbons (Fsp3) is 0.444. The fourth-order valence-corrected chi connectivity index (χ4v) is 2.88. The van der Waals surface area contributed by atoms with Gasteiger partial charge in [0.1, 0.15) is 5.75 Å². The van der Waals surface area contributed by atoms with Crippen molar-refractivity contribution in [3.8, 4) is 5.75 Å². The highest BCUT2D eigenvalue weighted by Crippen LogP contribution is 2.28. The molecule has 1 aromatic carbocycles. The number of methoxy groups -OCH3 is 1. The van der Waals surface area contributed by atoms with Gasteiger partial charge in [-0.15, -0.1) is 0 Å². The Bertz CT molecular complexity index is 626. The summed E-state index contributed by atoms with van der Waals surface area (Å²) < 4.78 is 10.6. The molecule has 24 heavy (non-hydrogen) atoms. The first-order chi connectivity index (χ1) is 11.6. The number of esters is 1. The van der Waals surface area contributed by atoms with Crippen molar-refractivity contribution >= 4 is 23.3 Å². The van der Waals surface area contributed by atoms with E-state index in [0.29, 0.717) is 17.3 Å². The van der Waals surface area contributed by atoms with Crippen molar-refractivity contribution < 1.29 is 14.3 Å². The lowest BCUT2D eigenvalue weighted by Crippen LogP contribution is -2.45. The molecule has 0 saturated heterocycles. The highest BCUT2D eigenvalue weighted by Gasteiger charge is 2.30. The van der Waals surface area contributed by atoms with Crippen LogP contribution in [0.1, 0.15) is 44.7 Å². The number of unbranched alkanes of at least 4 members (excludes halogenated alkanes) is 2. The van der Waals surface area contributed by atoms with Gasteiger partial charge in [0.25, 0.3) is 0 Å². The van der Waals surface area contributed by atoms with Gasteiger partial charge in [-0.05, 0) is 43.3 Å². The SMILES string of the molecule is CCCCCOC(=O)C1=C(C)NC(=S)NC1c1ccc(OC)cc1. The third-order valence-electron chi connectivity index (χ3n) is 3.92. The average Bonchev–Trinajstić information content (AvgIpc) is 2.58. The van der Waals surface area contributed by atoms with Crippen LogP contribution >= 0.6 is 12.2 Å². The number of carbonyl (C=O) groups is 1. The Morgan fingerprint density at radius 3 is 2.58 bits per heavy atom. The van der Waals surface area contributed by atoms with Crippen molar-refractivity contribution in [2.45, 2.75) is 39.2 Å². The largest absolute Gasteiger partial charge is 0.497 e. The van der Waals surface area contributed by atoms with Crippen LogP contribution in [0, 0.1) is 0 Å². The van der Waals surface area contributed by atoms with Gasteiger partial charge in [0.15, 0.2) is 5.11 Å². The molecule has 0 fully saturated rings. The molecule has 0 saturated carbocycles. The minimum atomic E-state index is -0.330. The highest BCUT2D eigenvalue weighted by atomic mass is 32.1. The molecular weight excluding hydrogens is 324 g/mol. The van der Waals surface area contributed by atoms with Crippen LogP contribution in [0.25, 0.3) is 0 Å². The first kappa shape index (κ1) is 18.3. The molecule has 0 amide bonds. The summed E-state index contributed by atoms with van der Waals surface area (Å²) in [6, 6.07) is 7.23. The molecule has 2 N–H and O–H groups in total. The van der Waals surface area contributed by atoms with Gasteiger partial charge >= 0.3 is 5.97 Å². The monoisotopic (exact) mass is 348 g/mol. The molecular formula is C18H24N2O3S. The number of thiocarbonyl (C=S) groups is 1. The van der Waals surface area contributed by atoms with Gasteiger partial charge in [0, 0.05) is 5.70 Å². The second kappa shape index (κ2) is 8.68. The minimum absolute atomic E-state index is 0.313. The second-order valence-electron chi connectivity index (χ2n) is 5.69. The van der Waals surface area contributed by atoms with Crippen LogP contribution in [0.4, 0.5) is 0 Å². The third kappa shape index (κ3) is 4.47. The summed E-state index contributed by atoms with van der Waals surface area (Å²) in [5.74, 6) is 0.451. The number of nitrogens with one attached hydrogen (secondary N) is 2. The van der Waals surface area contributed by atoms with Crippen molar-refractivity contribution in [2.75, 3.05) is 13.7 Å². The van der Waals surface area contributed by atoms with Crippen LogP contribution in [0.5, 0.6) is 5.75 Å². The smallest absolute Gasteiger partial charge is 0.338 e. The number of allylic oxidation sites excluding steroid dienone is 1. The number of benzene rings is 1. The first-order valence-electron chi connectivity index (χ1n) is 8.16. The van der Waals surface area contributed by atoms with Gasteiger partial charge in [-0.25, -0.2) is 4.79 Å². The predicted molar refractivity (Wildman–Crippen MR) is 97.8 cm³/mol. The van der Waals surface area contributed by atoms with E-state index in [1.165, 1.54) is 0 Å². The van der Waals surface area contributed by atoms with E-state index in [-0.39, 0.29) is 12.0 Å². The van der Waals surface area contributed by atoms with Crippen LogP contribution in [-0.2, 0) is 9.53 Å². The number of carbonyl (C=O) groups excluding carboxylic acids is 1. The maximum atomic E-state index is 12.6. The Labute approximate surface area is 148 Å². The molecule has 1 aromatic rings. The molecule has 5 nitrogen and oxygen atoms in total. The Balaban J connectivity index is 2.21. The lowest BCUT2D eigenvalue weighted by molar-refractivity contribution is -0.139. The van der Waals surface area contributed by atoms with Crippen molar-refractivity contribution in [1.29, 1.82) is 0 Å². The Hall–Kier alpha value is -2.08. The van der Waals surface area contributed by atoms with Crippen molar-refractivity contribution in [1.82, 2.24) is 10.6 Å². The zero-order valence-corrected chi connectivity index (χ0v) is 15.2. The van der Waals surface area contributed by atoms with Crippen LogP contribution in [-0.4, -0.2) is 24.8 Å². The van der Waals surface area contributed by atoms with Gasteiger partial charge in [0.2, 0.25) is 0 Å². The van der Waals surface area contributed by atoms with E-state index in [9.17, 15) is 4.79 Å². The molecule has 2 rings (SSSR count). The summed E-state index contributed by atoms with van der Waals surface area (Å²) in [7, 11) is 1.62. The number of rotatable bonds is 7. The predicted octanol–water partition coefficient (Wildman–Crippen LogP) is 3.22. The molecule has 1 unspecified atom stereocenters. The lowest BCUT2D eigenvalue weighted by atomic mass is 9.95. The van der Waals surface area contributed by atoms with E-state index in [1.54, 1.807) is 7.11 Å². The van der Waals surface area contributed by atoms with Gasteiger partial charge in [-0.2, -0.15) is 0 Å². The van der Waals surface area contributed by atoms with Crippen molar-refractivity contribution in [2.24, 2.45) is 0 Å². The molecule has 6 heteroatoms. The number of hydrogen-bond donors (Lipinski definition) is 2. The van der Waals surface area contributed by atoms with Crippen LogP contribution in [0.15, 0.2) is 35.5 Å². The third-order valence-corrected chi connectivity index (χ3v) is 4.14. The summed E-state index contributed by atoms with van der Waals surface area (Å²) in [5, 5.41) is 6.66. The summed E-state index contributed by atoms with van der Waals surface area (Å²) in [6.45, 7) is 4.39.